The summed E-state index contributed by atoms with van der Waals surface area (Å²) in [4.78, 5) is 23.0. The third-order valence-electron chi connectivity index (χ3n) is 4.75. The molecule has 1 atom stereocenters. The van der Waals surface area contributed by atoms with Crippen LogP contribution in [-0.4, -0.2) is 24.3 Å². The summed E-state index contributed by atoms with van der Waals surface area (Å²) in [6, 6.07) is 11.0. The summed E-state index contributed by atoms with van der Waals surface area (Å²) in [6.07, 6.45) is 2.24. The zero-order valence-corrected chi connectivity index (χ0v) is 18.0. The van der Waals surface area contributed by atoms with E-state index in [1.807, 2.05) is 51.1 Å². The molecule has 5 nitrogen and oxygen atoms in total. The highest BCUT2D eigenvalue weighted by atomic mass is 35.5. The minimum absolute atomic E-state index is 0.0134. The highest BCUT2D eigenvalue weighted by Crippen LogP contribution is 2.38. The molecule has 2 aromatic carbocycles. The highest BCUT2D eigenvalue weighted by molar-refractivity contribution is 6.34. The van der Waals surface area contributed by atoms with Crippen LogP contribution in [0.5, 0.6) is 0 Å². The van der Waals surface area contributed by atoms with Crippen LogP contribution in [0.2, 0.25) is 10.0 Å². The van der Waals surface area contributed by atoms with Gasteiger partial charge in [-0.25, -0.2) is 0 Å². The molecule has 1 heterocycles. The molecule has 0 aromatic heterocycles. The molecule has 0 fully saturated rings. The number of nitrogens with zero attached hydrogens (tertiary/aromatic N) is 2. The molecule has 7 heteroatoms. The zero-order chi connectivity index (χ0) is 21.0. The first kappa shape index (κ1) is 21.3. The maximum atomic E-state index is 12.4. The maximum Gasteiger partial charge on any atom is 0.168 e. The molecule has 0 saturated heterocycles. The summed E-state index contributed by atoms with van der Waals surface area (Å²) >= 11 is 12.3. The molecule has 29 heavy (non-hydrogen) atoms. The molecule has 2 aromatic rings. The fraction of sp³-hybridized carbons (Fsp3) is 0.318. The molecule has 0 aliphatic carbocycles. The second kappa shape index (κ2) is 8.97. The summed E-state index contributed by atoms with van der Waals surface area (Å²) in [5.74, 6) is -0.0134. The number of aryl methyl sites for hydroxylation is 1. The fourth-order valence-corrected chi connectivity index (χ4v) is 3.75. The number of carbonyl (C=O) groups is 1. The van der Waals surface area contributed by atoms with Crippen LogP contribution in [0, 0.1) is 6.92 Å². The fourth-order valence-electron chi connectivity index (χ4n) is 3.22. The number of hydrogen-bond donors (Lipinski definition) is 0. The van der Waals surface area contributed by atoms with Crippen molar-refractivity contribution >= 4 is 40.9 Å². The van der Waals surface area contributed by atoms with E-state index in [2.05, 4.69) is 10.3 Å². The van der Waals surface area contributed by atoms with Crippen molar-refractivity contribution in [3.8, 4) is 0 Å². The summed E-state index contributed by atoms with van der Waals surface area (Å²) in [7, 11) is 0. The number of carbonyl (C=O) groups excluding carboxylic acids is 1. The highest BCUT2D eigenvalue weighted by Gasteiger charge is 2.37. The van der Waals surface area contributed by atoms with Gasteiger partial charge in [-0.2, -0.15) is 0 Å². The smallest absolute Gasteiger partial charge is 0.168 e. The quantitative estimate of drug-likeness (QED) is 0.309. The maximum absolute atomic E-state index is 12.4. The van der Waals surface area contributed by atoms with E-state index in [4.69, 9.17) is 32.9 Å². The molecule has 3 rings (SSSR count). The van der Waals surface area contributed by atoms with Crippen molar-refractivity contribution in [1.82, 2.24) is 0 Å². The lowest BCUT2D eigenvalue weighted by molar-refractivity contribution is -0.00737. The normalized spacial score (nSPS) is 18.6. The molecule has 0 spiro atoms. The van der Waals surface area contributed by atoms with Crippen LogP contribution >= 0.6 is 23.2 Å². The Labute approximate surface area is 180 Å². The van der Waals surface area contributed by atoms with Gasteiger partial charge < -0.3 is 9.68 Å². The number of hydrogen-bond acceptors (Lipinski definition) is 5. The Bertz CT molecular complexity index is 968. The average molecular weight is 433 g/mol. The predicted octanol–water partition coefficient (Wildman–Crippen LogP) is 5.94. The number of Topliss-reactive ketones (excluding diaryl/α,β-unsaturated/α-hetero) is 1. The van der Waals surface area contributed by atoms with E-state index >= 15 is 0 Å². The molecule has 0 N–H and O–H groups in total. The van der Waals surface area contributed by atoms with Crippen molar-refractivity contribution in [3.05, 3.63) is 68.7 Å². The summed E-state index contributed by atoms with van der Waals surface area (Å²) < 4.78 is 0. The molecular weight excluding hydrogens is 411 g/mol. The number of rotatable bonds is 7. The molecule has 0 bridgehead atoms. The number of ketones is 1. The van der Waals surface area contributed by atoms with Crippen molar-refractivity contribution in [3.63, 3.8) is 0 Å². The Morgan fingerprint density at radius 3 is 2.66 bits per heavy atom. The molecule has 0 amide bonds. The van der Waals surface area contributed by atoms with E-state index in [1.165, 1.54) is 6.21 Å². The van der Waals surface area contributed by atoms with Gasteiger partial charge in [-0.15, -0.1) is 0 Å². The van der Waals surface area contributed by atoms with Crippen LogP contribution < -0.4 is 0 Å². The average Bonchev–Trinajstić information content (AvgIpc) is 3.08. The van der Waals surface area contributed by atoms with Gasteiger partial charge in [-0.1, -0.05) is 45.6 Å². The Morgan fingerprint density at radius 2 is 2.00 bits per heavy atom. The molecule has 1 aliphatic heterocycles. The van der Waals surface area contributed by atoms with Crippen LogP contribution in [0.3, 0.4) is 0 Å². The van der Waals surface area contributed by atoms with E-state index in [1.54, 1.807) is 6.07 Å². The van der Waals surface area contributed by atoms with Gasteiger partial charge in [-0.3, -0.25) is 4.79 Å². The van der Waals surface area contributed by atoms with Crippen LogP contribution in [0.25, 0.3) is 0 Å². The predicted molar refractivity (Wildman–Crippen MR) is 116 cm³/mol. The van der Waals surface area contributed by atoms with Crippen LogP contribution in [0.1, 0.15) is 53.7 Å². The first-order valence-electron chi connectivity index (χ1n) is 9.32. The van der Waals surface area contributed by atoms with Crippen LogP contribution in [0.4, 0.5) is 0 Å². The van der Waals surface area contributed by atoms with Crippen LogP contribution in [0.15, 0.2) is 46.7 Å². The van der Waals surface area contributed by atoms with Crippen molar-refractivity contribution in [1.29, 1.82) is 0 Å². The molecule has 1 unspecified atom stereocenters. The van der Waals surface area contributed by atoms with Gasteiger partial charge in [0.05, 0.1) is 11.9 Å². The SMILES string of the molecule is CCO/N=C/CC(=O)c1ccc(C2=NOC(C)(c3cc(Cl)cc(Cl)c3)C2)cc1C. The molecule has 1 aliphatic rings. The van der Waals surface area contributed by atoms with Gasteiger partial charge in [0.2, 0.25) is 0 Å². The number of benzene rings is 2. The van der Waals surface area contributed by atoms with Crippen molar-refractivity contribution in [2.75, 3.05) is 6.61 Å². The first-order chi connectivity index (χ1) is 13.8. The van der Waals surface area contributed by atoms with E-state index in [0.717, 1.165) is 22.4 Å². The lowest BCUT2D eigenvalue weighted by Gasteiger charge is -2.22. The molecule has 0 saturated carbocycles. The standard InChI is InChI=1S/C22H22Cl2N2O3/c1-4-28-25-8-7-21(27)19-6-5-15(9-14(19)2)20-13-22(3,29-26-20)16-10-17(23)12-18(24)11-16/h5-6,8-12H,4,7,13H2,1-3H3/b25-8+. The lowest BCUT2D eigenvalue weighted by Crippen LogP contribution is -2.22. The monoisotopic (exact) mass is 432 g/mol. The minimum atomic E-state index is -0.651. The van der Waals surface area contributed by atoms with Gasteiger partial charge in [0, 0.05) is 34.0 Å². The lowest BCUT2D eigenvalue weighted by atomic mass is 9.88. The second-order valence-corrected chi connectivity index (χ2v) is 7.93. The van der Waals surface area contributed by atoms with Gasteiger partial charge in [-0.05, 0) is 56.2 Å². The third kappa shape index (κ3) is 4.98. The Kier molecular flexibility index (Phi) is 6.60. The summed E-state index contributed by atoms with van der Waals surface area (Å²) in [5, 5.41) is 9.12. The van der Waals surface area contributed by atoms with E-state index < -0.39 is 5.60 Å². The second-order valence-electron chi connectivity index (χ2n) is 7.06. The minimum Gasteiger partial charge on any atom is -0.396 e. The molecule has 152 valence electrons. The first-order valence-corrected chi connectivity index (χ1v) is 10.1. The van der Waals surface area contributed by atoms with Crippen molar-refractivity contribution < 1.29 is 14.5 Å². The van der Waals surface area contributed by atoms with Gasteiger partial charge >= 0.3 is 0 Å². The van der Waals surface area contributed by atoms with E-state index in [0.29, 0.717) is 28.6 Å². The van der Waals surface area contributed by atoms with Crippen LogP contribution in [-0.2, 0) is 15.3 Å². The Hall–Kier alpha value is -2.37. The molecule has 0 radical (unpaired) electrons. The number of oxime groups is 2. The largest absolute Gasteiger partial charge is 0.396 e. The summed E-state index contributed by atoms with van der Waals surface area (Å²) in [5.41, 5.74) is 3.47. The van der Waals surface area contributed by atoms with Gasteiger partial charge in [0.1, 0.15) is 6.61 Å². The van der Waals surface area contributed by atoms with Crippen molar-refractivity contribution in [2.45, 2.75) is 39.2 Å². The summed E-state index contributed by atoms with van der Waals surface area (Å²) in [6.45, 7) is 6.17. The van der Waals surface area contributed by atoms with Crippen molar-refractivity contribution in [2.24, 2.45) is 10.3 Å². The number of halogens is 2. The Balaban J connectivity index is 1.75. The topological polar surface area (TPSA) is 60.2 Å². The zero-order valence-electron chi connectivity index (χ0n) is 16.5. The third-order valence-corrected chi connectivity index (χ3v) is 5.19. The van der Waals surface area contributed by atoms with Gasteiger partial charge in [0.25, 0.3) is 0 Å². The van der Waals surface area contributed by atoms with E-state index in [9.17, 15) is 4.79 Å². The Morgan fingerprint density at radius 1 is 1.28 bits per heavy atom. The van der Waals surface area contributed by atoms with E-state index in [-0.39, 0.29) is 12.2 Å². The van der Waals surface area contributed by atoms with Gasteiger partial charge in [0.15, 0.2) is 11.4 Å². The molecular formula is C22H22Cl2N2O3.